The molecule has 0 atom stereocenters. The van der Waals surface area contributed by atoms with E-state index < -0.39 is 9.05 Å². The Bertz CT molecular complexity index is 715. The molecule has 6 nitrogen and oxygen atoms in total. The SMILES string of the molecule is Cc1nnc(-c2c(S(=O)(=O)Cl)c(C)n(C)c2C)o1. The van der Waals surface area contributed by atoms with Gasteiger partial charge in [0.2, 0.25) is 5.89 Å². The monoisotopic (exact) mass is 289 g/mol. The molecule has 0 aliphatic heterocycles. The summed E-state index contributed by atoms with van der Waals surface area (Å²) in [7, 11) is 3.35. The molecule has 98 valence electrons. The first kappa shape index (κ1) is 13.1. The van der Waals surface area contributed by atoms with Gasteiger partial charge in [-0.25, -0.2) is 8.42 Å². The van der Waals surface area contributed by atoms with E-state index in [0.717, 1.165) is 0 Å². The molecular weight excluding hydrogens is 278 g/mol. The highest BCUT2D eigenvalue weighted by molar-refractivity contribution is 8.13. The van der Waals surface area contributed by atoms with Crippen molar-refractivity contribution >= 4 is 19.7 Å². The first-order chi connectivity index (χ1) is 8.23. The summed E-state index contributed by atoms with van der Waals surface area (Å²) in [6.07, 6.45) is 0. The zero-order valence-electron chi connectivity index (χ0n) is 10.4. The first-order valence-electron chi connectivity index (χ1n) is 5.14. The van der Waals surface area contributed by atoms with Crippen LogP contribution in [0, 0.1) is 20.8 Å². The molecule has 0 unspecified atom stereocenters. The Labute approximate surface area is 109 Å². The normalized spacial score (nSPS) is 12.1. The van der Waals surface area contributed by atoms with E-state index in [9.17, 15) is 8.42 Å². The zero-order valence-corrected chi connectivity index (χ0v) is 11.9. The van der Waals surface area contributed by atoms with Crippen molar-refractivity contribution in [3.05, 3.63) is 17.3 Å². The number of nitrogens with zero attached hydrogens (tertiary/aromatic N) is 3. The predicted molar refractivity (Wildman–Crippen MR) is 66.0 cm³/mol. The lowest BCUT2D eigenvalue weighted by Gasteiger charge is -1.98. The van der Waals surface area contributed by atoms with Crippen LogP contribution >= 0.6 is 10.7 Å². The Hall–Kier alpha value is -1.34. The van der Waals surface area contributed by atoms with Gasteiger partial charge in [-0.1, -0.05) is 0 Å². The van der Waals surface area contributed by atoms with Crippen LogP contribution in [0.4, 0.5) is 0 Å². The van der Waals surface area contributed by atoms with Gasteiger partial charge in [0.1, 0.15) is 4.90 Å². The summed E-state index contributed by atoms with van der Waals surface area (Å²) in [5.41, 5.74) is 1.61. The van der Waals surface area contributed by atoms with Gasteiger partial charge in [-0.2, -0.15) is 0 Å². The van der Waals surface area contributed by atoms with Crippen LogP contribution in [0.3, 0.4) is 0 Å². The van der Waals surface area contributed by atoms with E-state index in [0.29, 0.717) is 22.8 Å². The topological polar surface area (TPSA) is 78.0 Å². The molecule has 2 aromatic heterocycles. The Balaban J connectivity index is 2.86. The predicted octanol–water partition coefficient (Wildman–Crippen LogP) is 1.93. The second kappa shape index (κ2) is 4.10. The number of aromatic nitrogens is 3. The molecule has 0 fully saturated rings. The Morgan fingerprint density at radius 1 is 1.17 bits per heavy atom. The van der Waals surface area contributed by atoms with Crippen molar-refractivity contribution in [2.75, 3.05) is 0 Å². The van der Waals surface area contributed by atoms with Crippen LogP contribution in [-0.2, 0) is 16.1 Å². The van der Waals surface area contributed by atoms with Crippen molar-refractivity contribution in [3.63, 3.8) is 0 Å². The fourth-order valence-electron chi connectivity index (χ4n) is 1.86. The summed E-state index contributed by atoms with van der Waals surface area (Å²) in [5, 5.41) is 7.55. The van der Waals surface area contributed by atoms with Crippen molar-refractivity contribution in [1.82, 2.24) is 14.8 Å². The molecule has 18 heavy (non-hydrogen) atoms. The fraction of sp³-hybridized carbons (Fsp3) is 0.400. The van der Waals surface area contributed by atoms with Crippen molar-refractivity contribution in [3.8, 4) is 11.5 Å². The number of hydrogen-bond acceptors (Lipinski definition) is 5. The molecule has 2 aromatic rings. The van der Waals surface area contributed by atoms with Crippen molar-refractivity contribution < 1.29 is 12.8 Å². The molecule has 8 heteroatoms. The average Bonchev–Trinajstić information content (AvgIpc) is 2.75. The van der Waals surface area contributed by atoms with E-state index in [1.165, 1.54) is 0 Å². The minimum atomic E-state index is -3.88. The second-order valence-electron chi connectivity index (χ2n) is 4.00. The lowest BCUT2D eigenvalue weighted by Crippen LogP contribution is -1.96. The molecule has 0 aromatic carbocycles. The first-order valence-corrected chi connectivity index (χ1v) is 7.45. The van der Waals surface area contributed by atoms with E-state index in [1.54, 1.807) is 32.4 Å². The standard InChI is InChI=1S/C10H12ClN3O3S/c1-5-8(10-13-12-7(3)17-10)9(18(11,15)16)6(2)14(5)4/h1-4H3. The van der Waals surface area contributed by atoms with E-state index in [2.05, 4.69) is 10.2 Å². The quantitative estimate of drug-likeness (QED) is 0.789. The maximum Gasteiger partial charge on any atom is 0.263 e. The van der Waals surface area contributed by atoms with Gasteiger partial charge in [-0.3, -0.25) is 0 Å². The largest absolute Gasteiger partial charge is 0.421 e. The molecule has 0 aliphatic carbocycles. The van der Waals surface area contributed by atoms with Crippen LogP contribution in [0.5, 0.6) is 0 Å². The lowest BCUT2D eigenvalue weighted by atomic mass is 10.2. The van der Waals surface area contributed by atoms with E-state index >= 15 is 0 Å². The number of hydrogen-bond donors (Lipinski definition) is 0. The summed E-state index contributed by atoms with van der Waals surface area (Å²) in [4.78, 5) is 0.0211. The van der Waals surface area contributed by atoms with E-state index in [4.69, 9.17) is 15.1 Å². The van der Waals surface area contributed by atoms with Gasteiger partial charge in [-0.15, -0.1) is 10.2 Å². The van der Waals surface area contributed by atoms with Gasteiger partial charge in [0.25, 0.3) is 14.9 Å². The van der Waals surface area contributed by atoms with Gasteiger partial charge < -0.3 is 8.98 Å². The second-order valence-corrected chi connectivity index (χ2v) is 6.50. The highest BCUT2D eigenvalue weighted by Gasteiger charge is 2.29. The Morgan fingerprint density at radius 3 is 2.22 bits per heavy atom. The molecule has 0 saturated heterocycles. The molecule has 0 aliphatic rings. The minimum Gasteiger partial charge on any atom is -0.421 e. The van der Waals surface area contributed by atoms with Crippen LogP contribution in [-0.4, -0.2) is 23.2 Å². The molecule has 0 saturated carbocycles. The molecule has 0 radical (unpaired) electrons. The summed E-state index contributed by atoms with van der Waals surface area (Å²) in [6, 6.07) is 0. The Kier molecular flexibility index (Phi) is 2.98. The third-order valence-electron chi connectivity index (χ3n) is 2.91. The summed E-state index contributed by atoms with van der Waals surface area (Å²) < 4.78 is 30.4. The highest BCUT2D eigenvalue weighted by atomic mass is 35.7. The number of aryl methyl sites for hydroxylation is 1. The van der Waals surface area contributed by atoms with Gasteiger partial charge >= 0.3 is 0 Å². The van der Waals surface area contributed by atoms with Crippen molar-refractivity contribution in [2.24, 2.45) is 7.05 Å². The van der Waals surface area contributed by atoms with Crippen LogP contribution < -0.4 is 0 Å². The van der Waals surface area contributed by atoms with Crippen LogP contribution in [0.25, 0.3) is 11.5 Å². The van der Waals surface area contributed by atoms with Gasteiger partial charge in [0.05, 0.1) is 5.56 Å². The molecule has 2 heterocycles. The molecule has 2 rings (SSSR count). The molecule has 0 spiro atoms. The molecular formula is C10H12ClN3O3S. The molecule has 0 bridgehead atoms. The van der Waals surface area contributed by atoms with Gasteiger partial charge in [-0.05, 0) is 13.8 Å². The highest BCUT2D eigenvalue weighted by Crippen LogP contribution is 2.35. The maximum atomic E-state index is 11.7. The van der Waals surface area contributed by atoms with Crippen LogP contribution in [0.15, 0.2) is 9.31 Å². The summed E-state index contributed by atoms with van der Waals surface area (Å²) in [6.45, 7) is 5.08. The lowest BCUT2D eigenvalue weighted by molar-refractivity contribution is 0.531. The average molecular weight is 290 g/mol. The third kappa shape index (κ3) is 1.93. The summed E-state index contributed by atoms with van der Waals surface area (Å²) in [5.74, 6) is 0.525. The number of rotatable bonds is 2. The van der Waals surface area contributed by atoms with Crippen molar-refractivity contribution in [2.45, 2.75) is 25.7 Å². The van der Waals surface area contributed by atoms with Crippen LogP contribution in [0.1, 0.15) is 17.3 Å². The van der Waals surface area contributed by atoms with E-state index in [-0.39, 0.29) is 10.8 Å². The fourth-order valence-corrected chi connectivity index (χ4v) is 3.40. The maximum absolute atomic E-state index is 11.7. The van der Waals surface area contributed by atoms with Gasteiger partial charge in [0, 0.05) is 36.0 Å². The molecule has 0 N–H and O–H groups in total. The minimum absolute atomic E-state index is 0.0211. The van der Waals surface area contributed by atoms with E-state index in [1.807, 2.05) is 0 Å². The van der Waals surface area contributed by atoms with Crippen molar-refractivity contribution in [1.29, 1.82) is 0 Å². The zero-order chi connectivity index (χ0) is 13.7. The molecule has 0 amide bonds. The smallest absolute Gasteiger partial charge is 0.263 e. The van der Waals surface area contributed by atoms with Crippen LogP contribution in [0.2, 0.25) is 0 Å². The third-order valence-corrected chi connectivity index (χ3v) is 4.36. The number of halogens is 1. The van der Waals surface area contributed by atoms with Gasteiger partial charge in [0.15, 0.2) is 0 Å². The Morgan fingerprint density at radius 2 is 1.78 bits per heavy atom. The summed E-state index contributed by atoms with van der Waals surface area (Å²) >= 11 is 0.